The van der Waals surface area contributed by atoms with Crippen LogP contribution >= 0.6 is 0 Å². The first kappa shape index (κ1) is 13.2. The molecule has 0 spiro atoms. The Morgan fingerprint density at radius 1 is 1.53 bits per heavy atom. The number of aliphatic hydroxyl groups is 1. The predicted molar refractivity (Wildman–Crippen MR) is 61.6 cm³/mol. The number of nitrogens with one attached hydrogen (secondary N) is 3. The third kappa shape index (κ3) is 4.25. The summed E-state index contributed by atoms with van der Waals surface area (Å²) in [6.07, 6.45) is 4.37. The van der Waals surface area contributed by atoms with Crippen molar-refractivity contribution in [3.05, 3.63) is 23.8 Å². The van der Waals surface area contributed by atoms with Crippen molar-refractivity contribution in [2.45, 2.75) is 19.1 Å². The van der Waals surface area contributed by atoms with Crippen LogP contribution in [-0.4, -0.2) is 35.7 Å². The fourth-order valence-corrected chi connectivity index (χ4v) is 1.13. The van der Waals surface area contributed by atoms with Crippen LogP contribution in [-0.2, 0) is 4.79 Å². The van der Waals surface area contributed by atoms with Gasteiger partial charge in [0.15, 0.2) is 0 Å². The smallest absolute Gasteiger partial charge is 0.333 e. The topological polar surface area (TPSA) is 116 Å². The van der Waals surface area contributed by atoms with Gasteiger partial charge in [0.25, 0.3) is 5.91 Å². The summed E-state index contributed by atoms with van der Waals surface area (Å²) in [7, 11) is 0. The summed E-state index contributed by atoms with van der Waals surface area (Å²) in [4.78, 5) is 22.2. The van der Waals surface area contributed by atoms with Crippen molar-refractivity contribution in [3.63, 3.8) is 0 Å². The quantitative estimate of drug-likeness (QED) is 0.387. The fraction of sp³-hybridized carbons (Fsp3) is 0.400. The highest BCUT2D eigenvalue weighted by Gasteiger charge is 2.12. The molecule has 0 aromatic rings. The van der Waals surface area contributed by atoms with E-state index in [0.717, 1.165) is 0 Å². The Hall–Kier alpha value is -1.86. The van der Waals surface area contributed by atoms with Crippen molar-refractivity contribution >= 4 is 11.9 Å². The normalized spacial score (nSPS) is 19.5. The molecule has 2 unspecified atom stereocenters. The maximum atomic E-state index is 11.2. The second-order valence-electron chi connectivity index (χ2n) is 3.66. The van der Waals surface area contributed by atoms with E-state index in [1.807, 2.05) is 0 Å². The first-order valence-electron chi connectivity index (χ1n) is 5.15. The van der Waals surface area contributed by atoms with Gasteiger partial charge >= 0.3 is 6.03 Å². The first-order chi connectivity index (χ1) is 8.00. The zero-order valence-electron chi connectivity index (χ0n) is 9.43. The van der Waals surface area contributed by atoms with Crippen LogP contribution in [0.1, 0.15) is 6.92 Å². The number of urea groups is 1. The zero-order chi connectivity index (χ0) is 12.8. The van der Waals surface area contributed by atoms with Crippen LogP contribution in [0.5, 0.6) is 0 Å². The van der Waals surface area contributed by atoms with Crippen LogP contribution in [0.4, 0.5) is 4.79 Å². The van der Waals surface area contributed by atoms with E-state index in [4.69, 9.17) is 5.73 Å². The van der Waals surface area contributed by atoms with Gasteiger partial charge in [-0.25, -0.2) is 10.2 Å². The Bertz CT molecular complexity index is 363. The standard InChI is InChI=1S/C10H16N4O3/c1-6(11)9(16)13-14-10(17)12-5-7-3-2-4-8(7)15/h2-4,6,8,15H,5,11H2,1H3,(H,13,16)(H2,12,14,17). The lowest BCUT2D eigenvalue weighted by Gasteiger charge is -2.12. The Morgan fingerprint density at radius 3 is 2.76 bits per heavy atom. The molecule has 1 rings (SSSR count). The average Bonchev–Trinajstić information content (AvgIpc) is 2.68. The molecule has 7 nitrogen and oxygen atoms in total. The Balaban J connectivity index is 2.20. The molecule has 0 radical (unpaired) electrons. The van der Waals surface area contributed by atoms with Gasteiger partial charge in [0.1, 0.15) is 0 Å². The third-order valence-corrected chi connectivity index (χ3v) is 2.15. The minimum Gasteiger partial charge on any atom is -0.385 e. The van der Waals surface area contributed by atoms with Gasteiger partial charge in [-0.1, -0.05) is 18.2 Å². The monoisotopic (exact) mass is 240 g/mol. The van der Waals surface area contributed by atoms with Crippen molar-refractivity contribution < 1.29 is 14.7 Å². The van der Waals surface area contributed by atoms with Crippen LogP contribution in [0.15, 0.2) is 23.8 Å². The number of hydrazine groups is 1. The second kappa shape index (κ2) is 6.02. The molecule has 94 valence electrons. The Labute approximate surface area is 98.7 Å². The van der Waals surface area contributed by atoms with E-state index in [1.165, 1.54) is 6.92 Å². The van der Waals surface area contributed by atoms with Gasteiger partial charge in [0.2, 0.25) is 0 Å². The summed E-state index contributed by atoms with van der Waals surface area (Å²) < 4.78 is 0. The van der Waals surface area contributed by atoms with Crippen LogP contribution in [0.3, 0.4) is 0 Å². The Morgan fingerprint density at radius 2 is 2.24 bits per heavy atom. The molecule has 1 aliphatic rings. The fourth-order valence-electron chi connectivity index (χ4n) is 1.13. The number of hydrogen-bond donors (Lipinski definition) is 5. The number of rotatable bonds is 3. The minimum atomic E-state index is -0.695. The summed E-state index contributed by atoms with van der Waals surface area (Å²) in [5, 5.41) is 11.9. The summed E-state index contributed by atoms with van der Waals surface area (Å²) in [5.74, 6) is -0.484. The number of carbonyl (C=O) groups is 2. The van der Waals surface area contributed by atoms with E-state index in [0.29, 0.717) is 5.57 Å². The molecule has 0 saturated heterocycles. The van der Waals surface area contributed by atoms with Gasteiger partial charge in [-0.15, -0.1) is 0 Å². The van der Waals surface area contributed by atoms with Crippen molar-refractivity contribution in [1.82, 2.24) is 16.2 Å². The van der Waals surface area contributed by atoms with Gasteiger partial charge in [-0.05, 0) is 12.5 Å². The van der Waals surface area contributed by atoms with E-state index in [2.05, 4.69) is 16.2 Å². The van der Waals surface area contributed by atoms with Gasteiger partial charge in [0.05, 0.1) is 12.1 Å². The lowest BCUT2D eigenvalue weighted by molar-refractivity contribution is -0.122. The largest absolute Gasteiger partial charge is 0.385 e. The van der Waals surface area contributed by atoms with E-state index >= 15 is 0 Å². The first-order valence-corrected chi connectivity index (χ1v) is 5.15. The molecule has 6 N–H and O–H groups in total. The molecule has 0 fully saturated rings. The molecule has 0 saturated carbocycles. The molecule has 0 aliphatic heterocycles. The molecule has 17 heavy (non-hydrogen) atoms. The maximum Gasteiger partial charge on any atom is 0.333 e. The summed E-state index contributed by atoms with van der Waals surface area (Å²) in [6, 6.07) is -1.27. The molecular formula is C10H16N4O3. The number of hydrogen-bond acceptors (Lipinski definition) is 4. The number of amides is 3. The van der Waals surface area contributed by atoms with Crippen molar-refractivity contribution in [1.29, 1.82) is 0 Å². The van der Waals surface area contributed by atoms with Crippen molar-refractivity contribution in [2.24, 2.45) is 5.73 Å². The van der Waals surface area contributed by atoms with Gasteiger partial charge < -0.3 is 16.2 Å². The molecule has 0 heterocycles. The summed E-state index contributed by atoms with van der Waals surface area (Å²) in [6.45, 7) is 1.70. The maximum absolute atomic E-state index is 11.2. The highest BCUT2D eigenvalue weighted by molar-refractivity contribution is 5.84. The minimum absolute atomic E-state index is 0.202. The Kier molecular flexibility index (Phi) is 4.68. The number of allylic oxidation sites excluding steroid dienone is 2. The summed E-state index contributed by atoms with van der Waals surface area (Å²) in [5.41, 5.74) is 10.2. The second-order valence-corrected chi connectivity index (χ2v) is 3.66. The number of nitrogens with two attached hydrogens (primary N) is 1. The van der Waals surface area contributed by atoms with E-state index in [-0.39, 0.29) is 6.54 Å². The molecule has 0 bridgehead atoms. The number of carbonyl (C=O) groups excluding carboxylic acids is 2. The van der Waals surface area contributed by atoms with Crippen LogP contribution in [0.25, 0.3) is 0 Å². The lowest BCUT2D eigenvalue weighted by atomic mass is 10.2. The van der Waals surface area contributed by atoms with E-state index in [9.17, 15) is 14.7 Å². The molecule has 0 aromatic carbocycles. The van der Waals surface area contributed by atoms with Crippen LogP contribution in [0.2, 0.25) is 0 Å². The van der Waals surface area contributed by atoms with Gasteiger partial charge in [-0.3, -0.25) is 10.2 Å². The summed E-state index contributed by atoms with van der Waals surface area (Å²) >= 11 is 0. The molecule has 7 heteroatoms. The number of aliphatic hydroxyl groups excluding tert-OH is 1. The van der Waals surface area contributed by atoms with Crippen molar-refractivity contribution in [2.75, 3.05) is 6.54 Å². The third-order valence-electron chi connectivity index (χ3n) is 2.15. The van der Waals surface area contributed by atoms with Gasteiger partial charge in [0, 0.05) is 6.54 Å². The predicted octanol–water partition coefficient (Wildman–Crippen LogP) is -1.48. The van der Waals surface area contributed by atoms with Gasteiger partial charge in [-0.2, -0.15) is 0 Å². The highest BCUT2D eigenvalue weighted by atomic mass is 16.3. The molecule has 0 aromatic heterocycles. The van der Waals surface area contributed by atoms with E-state index < -0.39 is 24.1 Å². The van der Waals surface area contributed by atoms with E-state index in [1.54, 1.807) is 18.2 Å². The van der Waals surface area contributed by atoms with Crippen molar-refractivity contribution in [3.8, 4) is 0 Å². The van der Waals surface area contributed by atoms with Crippen LogP contribution in [0, 0.1) is 0 Å². The molecule has 1 aliphatic carbocycles. The highest BCUT2D eigenvalue weighted by Crippen LogP contribution is 2.09. The zero-order valence-corrected chi connectivity index (χ0v) is 9.43. The molecular weight excluding hydrogens is 224 g/mol. The van der Waals surface area contributed by atoms with Crippen LogP contribution < -0.4 is 21.9 Å². The molecule has 3 amide bonds. The SMILES string of the molecule is CC(N)C(=O)NNC(=O)NCC1=CC=CC1O. The average molecular weight is 240 g/mol. The lowest BCUT2D eigenvalue weighted by Crippen LogP contribution is -2.51. The molecule has 2 atom stereocenters.